The predicted octanol–water partition coefficient (Wildman–Crippen LogP) is 0.935. The molecule has 1 saturated heterocycles. The lowest BCUT2D eigenvalue weighted by atomic mass is 10.1. The molecule has 20 heavy (non-hydrogen) atoms. The van der Waals surface area contributed by atoms with E-state index < -0.39 is 0 Å². The van der Waals surface area contributed by atoms with E-state index in [4.69, 9.17) is 4.98 Å². The van der Waals surface area contributed by atoms with E-state index in [-0.39, 0.29) is 0 Å². The fourth-order valence-electron chi connectivity index (χ4n) is 3.04. The highest BCUT2D eigenvalue weighted by Crippen LogP contribution is 2.24. The Kier molecular flexibility index (Phi) is 5.18. The average molecular weight is 279 g/mol. The molecule has 2 rings (SSSR count). The van der Waals surface area contributed by atoms with Crippen LogP contribution < -0.4 is 5.32 Å². The number of aromatic nitrogens is 2. The van der Waals surface area contributed by atoms with Crippen molar-refractivity contribution in [2.45, 2.75) is 26.8 Å². The van der Waals surface area contributed by atoms with E-state index in [2.05, 4.69) is 47.5 Å². The van der Waals surface area contributed by atoms with Crippen LogP contribution in [0.4, 0.5) is 0 Å². The molecule has 0 radical (unpaired) electrons. The molecule has 0 saturated carbocycles. The number of rotatable bonds is 5. The van der Waals surface area contributed by atoms with E-state index in [1.165, 1.54) is 24.5 Å². The fraction of sp³-hybridized carbons (Fsp3) is 0.800. The molecule has 1 fully saturated rings. The maximum absolute atomic E-state index is 4.81. The summed E-state index contributed by atoms with van der Waals surface area (Å²) in [4.78, 5) is 9.91. The van der Waals surface area contributed by atoms with E-state index in [1.54, 1.807) is 0 Å². The third-order valence-corrected chi connectivity index (χ3v) is 4.65. The topological polar surface area (TPSA) is 36.3 Å². The fourth-order valence-corrected chi connectivity index (χ4v) is 3.04. The van der Waals surface area contributed by atoms with Crippen LogP contribution in [0, 0.1) is 13.8 Å². The Morgan fingerprint density at radius 2 is 1.85 bits per heavy atom. The Labute approximate surface area is 123 Å². The number of nitrogens with zero attached hydrogens (tertiary/aromatic N) is 4. The molecule has 1 N–H and O–H groups in total. The summed E-state index contributed by atoms with van der Waals surface area (Å²) in [5.41, 5.74) is 2.53. The molecule has 5 heteroatoms. The van der Waals surface area contributed by atoms with Gasteiger partial charge in [0, 0.05) is 45.5 Å². The normalized spacial score (nSPS) is 19.4. The molecule has 1 unspecified atom stereocenters. The standard InChI is InChI=1S/C15H29N5/c1-6-19-7-9-20(10-8-19)14(11-16-4)15-12(2)18(5)13(3)17-15/h14,16H,6-11H2,1-5H3. The highest BCUT2D eigenvalue weighted by Gasteiger charge is 2.27. The summed E-state index contributed by atoms with van der Waals surface area (Å²) < 4.78 is 2.19. The molecular weight excluding hydrogens is 250 g/mol. The van der Waals surface area contributed by atoms with Crippen LogP contribution >= 0.6 is 0 Å². The first-order chi connectivity index (χ1) is 9.58. The van der Waals surface area contributed by atoms with Crippen molar-refractivity contribution in [2.75, 3.05) is 46.3 Å². The second-order valence-corrected chi connectivity index (χ2v) is 5.73. The van der Waals surface area contributed by atoms with E-state index in [1.807, 2.05) is 7.05 Å². The van der Waals surface area contributed by atoms with Gasteiger partial charge in [-0.3, -0.25) is 4.90 Å². The summed E-state index contributed by atoms with van der Waals surface area (Å²) in [7, 11) is 4.13. The molecule has 0 spiro atoms. The first-order valence-electron chi connectivity index (χ1n) is 7.69. The van der Waals surface area contributed by atoms with Gasteiger partial charge in [0.1, 0.15) is 5.82 Å². The molecule has 0 amide bonds. The van der Waals surface area contributed by atoms with E-state index in [0.29, 0.717) is 6.04 Å². The van der Waals surface area contributed by atoms with Crippen LogP contribution in [0.5, 0.6) is 0 Å². The highest BCUT2D eigenvalue weighted by atomic mass is 15.3. The van der Waals surface area contributed by atoms with Gasteiger partial charge in [0.05, 0.1) is 11.7 Å². The summed E-state index contributed by atoms with van der Waals surface area (Å²) in [5, 5.41) is 3.34. The molecular formula is C15H29N5. The first-order valence-corrected chi connectivity index (χ1v) is 7.69. The third kappa shape index (κ3) is 3.05. The van der Waals surface area contributed by atoms with Crippen molar-refractivity contribution in [2.24, 2.45) is 7.05 Å². The Morgan fingerprint density at radius 3 is 2.30 bits per heavy atom. The van der Waals surface area contributed by atoms with Crippen molar-refractivity contribution in [3.05, 3.63) is 17.2 Å². The number of aryl methyl sites for hydroxylation is 1. The minimum absolute atomic E-state index is 0.388. The van der Waals surface area contributed by atoms with Crippen molar-refractivity contribution in [3.8, 4) is 0 Å². The van der Waals surface area contributed by atoms with Crippen LogP contribution in [-0.4, -0.2) is 65.7 Å². The molecule has 1 aromatic heterocycles. The minimum atomic E-state index is 0.388. The van der Waals surface area contributed by atoms with Gasteiger partial charge < -0.3 is 14.8 Å². The molecule has 114 valence electrons. The Balaban J connectivity index is 2.16. The molecule has 1 aliphatic heterocycles. The zero-order valence-corrected chi connectivity index (χ0v) is 13.6. The number of likely N-dealkylation sites (N-methyl/N-ethyl adjacent to an activating group) is 2. The Hall–Kier alpha value is -0.910. The second kappa shape index (κ2) is 6.70. The van der Waals surface area contributed by atoms with Gasteiger partial charge in [-0.25, -0.2) is 4.98 Å². The van der Waals surface area contributed by atoms with Gasteiger partial charge in [0.15, 0.2) is 0 Å². The quantitative estimate of drug-likeness (QED) is 0.870. The van der Waals surface area contributed by atoms with Gasteiger partial charge in [-0.1, -0.05) is 6.92 Å². The van der Waals surface area contributed by atoms with Crippen LogP contribution in [0.3, 0.4) is 0 Å². The summed E-state index contributed by atoms with van der Waals surface area (Å²) in [5.74, 6) is 1.10. The van der Waals surface area contributed by atoms with Crippen LogP contribution in [-0.2, 0) is 7.05 Å². The van der Waals surface area contributed by atoms with E-state index in [0.717, 1.165) is 32.0 Å². The molecule has 1 aromatic rings. The van der Waals surface area contributed by atoms with E-state index in [9.17, 15) is 0 Å². The van der Waals surface area contributed by atoms with Crippen molar-refractivity contribution in [1.29, 1.82) is 0 Å². The number of hydrogen-bond acceptors (Lipinski definition) is 4. The maximum Gasteiger partial charge on any atom is 0.105 e. The zero-order chi connectivity index (χ0) is 14.7. The van der Waals surface area contributed by atoms with Crippen LogP contribution in [0.1, 0.15) is 30.2 Å². The van der Waals surface area contributed by atoms with Gasteiger partial charge in [-0.05, 0) is 27.4 Å². The van der Waals surface area contributed by atoms with Crippen molar-refractivity contribution in [1.82, 2.24) is 24.7 Å². The van der Waals surface area contributed by atoms with Crippen molar-refractivity contribution >= 4 is 0 Å². The van der Waals surface area contributed by atoms with Crippen molar-refractivity contribution < 1.29 is 0 Å². The van der Waals surface area contributed by atoms with Gasteiger partial charge in [0.25, 0.3) is 0 Å². The summed E-state index contributed by atoms with van der Waals surface area (Å²) >= 11 is 0. The summed E-state index contributed by atoms with van der Waals surface area (Å²) in [6, 6.07) is 0.388. The Morgan fingerprint density at radius 1 is 1.20 bits per heavy atom. The largest absolute Gasteiger partial charge is 0.335 e. The molecule has 0 aliphatic carbocycles. The maximum atomic E-state index is 4.81. The number of piperazine rings is 1. The zero-order valence-electron chi connectivity index (χ0n) is 13.6. The molecule has 1 atom stereocenters. The lowest BCUT2D eigenvalue weighted by Crippen LogP contribution is -2.49. The number of nitrogens with one attached hydrogen (secondary N) is 1. The summed E-state index contributed by atoms with van der Waals surface area (Å²) in [6.07, 6.45) is 0. The molecule has 1 aliphatic rings. The van der Waals surface area contributed by atoms with Gasteiger partial charge in [-0.2, -0.15) is 0 Å². The number of imidazole rings is 1. The SMILES string of the molecule is CCN1CCN(C(CNC)c2nc(C)n(C)c2C)CC1. The highest BCUT2D eigenvalue weighted by molar-refractivity contribution is 5.19. The van der Waals surface area contributed by atoms with Gasteiger partial charge in [0.2, 0.25) is 0 Å². The Bertz CT molecular complexity index is 432. The molecule has 0 aromatic carbocycles. The first kappa shape index (κ1) is 15.5. The van der Waals surface area contributed by atoms with Crippen LogP contribution in [0.15, 0.2) is 0 Å². The monoisotopic (exact) mass is 279 g/mol. The average Bonchev–Trinajstić information content (AvgIpc) is 2.72. The molecule has 2 heterocycles. The minimum Gasteiger partial charge on any atom is -0.335 e. The predicted molar refractivity (Wildman–Crippen MR) is 83.0 cm³/mol. The van der Waals surface area contributed by atoms with Crippen molar-refractivity contribution in [3.63, 3.8) is 0 Å². The smallest absolute Gasteiger partial charge is 0.105 e. The number of hydrogen-bond donors (Lipinski definition) is 1. The van der Waals surface area contributed by atoms with Crippen LogP contribution in [0.2, 0.25) is 0 Å². The summed E-state index contributed by atoms with van der Waals surface area (Å²) in [6.45, 7) is 13.2. The molecule has 0 bridgehead atoms. The lowest BCUT2D eigenvalue weighted by Gasteiger charge is -2.38. The molecule has 5 nitrogen and oxygen atoms in total. The second-order valence-electron chi connectivity index (χ2n) is 5.73. The van der Waals surface area contributed by atoms with E-state index >= 15 is 0 Å². The lowest BCUT2D eigenvalue weighted by molar-refractivity contribution is 0.0972. The van der Waals surface area contributed by atoms with Crippen LogP contribution in [0.25, 0.3) is 0 Å². The third-order valence-electron chi connectivity index (χ3n) is 4.65. The van der Waals surface area contributed by atoms with Gasteiger partial charge >= 0.3 is 0 Å². The van der Waals surface area contributed by atoms with Gasteiger partial charge in [-0.15, -0.1) is 0 Å².